The maximum atomic E-state index is 11.1. The van der Waals surface area contributed by atoms with Gasteiger partial charge in [-0.2, -0.15) is 0 Å². The van der Waals surface area contributed by atoms with Gasteiger partial charge in [-0.25, -0.2) is 0 Å². The van der Waals surface area contributed by atoms with E-state index in [2.05, 4.69) is 24.1 Å². The van der Waals surface area contributed by atoms with E-state index in [0.29, 0.717) is 17.5 Å². The van der Waals surface area contributed by atoms with E-state index in [1.807, 2.05) is 24.3 Å². The summed E-state index contributed by atoms with van der Waals surface area (Å²) in [6.07, 6.45) is 2.55. The van der Waals surface area contributed by atoms with Crippen LogP contribution in [-0.2, 0) is 0 Å². The first-order valence-electron chi connectivity index (χ1n) is 7.45. The van der Waals surface area contributed by atoms with E-state index in [4.69, 9.17) is 5.73 Å². The van der Waals surface area contributed by atoms with E-state index in [9.17, 15) is 4.79 Å². The van der Waals surface area contributed by atoms with Gasteiger partial charge < -0.3 is 16.0 Å². The van der Waals surface area contributed by atoms with Crippen LogP contribution in [0.2, 0.25) is 0 Å². The third-order valence-electron chi connectivity index (χ3n) is 3.96. The van der Waals surface area contributed by atoms with Gasteiger partial charge in [-0.1, -0.05) is 0 Å². The largest absolute Gasteiger partial charge is 0.369 e. The van der Waals surface area contributed by atoms with Gasteiger partial charge in [-0.05, 0) is 70.0 Å². The average Bonchev–Trinajstić information content (AvgIpc) is 2.45. The van der Waals surface area contributed by atoms with Crippen molar-refractivity contribution < 1.29 is 4.79 Å². The summed E-state index contributed by atoms with van der Waals surface area (Å²) in [6, 6.07) is 8.06. The number of nitrogens with zero attached hydrogens (tertiary/aromatic N) is 1. The topological polar surface area (TPSA) is 58.4 Å². The Bertz CT molecular complexity index is 436. The maximum absolute atomic E-state index is 11.1. The van der Waals surface area contributed by atoms with E-state index in [0.717, 1.165) is 25.3 Å². The van der Waals surface area contributed by atoms with Gasteiger partial charge in [0.2, 0.25) is 5.91 Å². The predicted octanol–water partition coefficient (Wildman–Crippen LogP) is 2.00. The molecule has 1 fully saturated rings. The first-order chi connectivity index (χ1) is 9.58. The van der Waals surface area contributed by atoms with Crippen molar-refractivity contribution in [2.24, 2.45) is 11.7 Å². The molecule has 1 aliphatic heterocycles. The summed E-state index contributed by atoms with van der Waals surface area (Å²) in [5.41, 5.74) is 7.02. The number of anilines is 1. The third-order valence-corrected chi connectivity index (χ3v) is 3.96. The number of hydrogen-bond acceptors (Lipinski definition) is 3. The molecule has 0 spiro atoms. The van der Waals surface area contributed by atoms with Crippen LogP contribution in [-0.4, -0.2) is 31.6 Å². The monoisotopic (exact) mass is 275 g/mol. The van der Waals surface area contributed by atoms with Gasteiger partial charge in [0.25, 0.3) is 0 Å². The van der Waals surface area contributed by atoms with Crippen molar-refractivity contribution in [3.63, 3.8) is 0 Å². The van der Waals surface area contributed by atoms with Crippen LogP contribution in [0.5, 0.6) is 0 Å². The fourth-order valence-corrected chi connectivity index (χ4v) is 2.79. The van der Waals surface area contributed by atoms with Crippen molar-refractivity contribution in [3.05, 3.63) is 29.8 Å². The number of primary amides is 1. The molecule has 0 aromatic heterocycles. The van der Waals surface area contributed by atoms with Gasteiger partial charge >= 0.3 is 0 Å². The lowest BCUT2D eigenvalue weighted by Crippen LogP contribution is -2.41. The highest BCUT2D eigenvalue weighted by atomic mass is 16.1. The van der Waals surface area contributed by atoms with Gasteiger partial charge in [0, 0.05) is 23.8 Å². The van der Waals surface area contributed by atoms with Crippen molar-refractivity contribution >= 4 is 11.6 Å². The highest BCUT2D eigenvalue weighted by molar-refractivity contribution is 5.93. The van der Waals surface area contributed by atoms with E-state index >= 15 is 0 Å². The minimum atomic E-state index is -0.371. The van der Waals surface area contributed by atoms with Crippen LogP contribution < -0.4 is 16.0 Å². The Morgan fingerprint density at radius 1 is 1.40 bits per heavy atom. The number of amides is 1. The lowest BCUT2D eigenvalue weighted by molar-refractivity contribution is 0.100. The number of piperidine rings is 1. The number of rotatable bonds is 5. The molecule has 4 nitrogen and oxygen atoms in total. The Morgan fingerprint density at radius 2 is 2.10 bits per heavy atom. The minimum absolute atomic E-state index is 0.371. The normalized spacial score (nSPS) is 19.1. The molecular formula is C16H25N3O. The lowest BCUT2D eigenvalue weighted by atomic mass is 9.98. The molecule has 110 valence electrons. The summed E-state index contributed by atoms with van der Waals surface area (Å²) < 4.78 is 0. The molecule has 1 aromatic rings. The van der Waals surface area contributed by atoms with E-state index < -0.39 is 0 Å². The fourth-order valence-electron chi connectivity index (χ4n) is 2.79. The summed E-state index contributed by atoms with van der Waals surface area (Å²) in [7, 11) is 0. The molecule has 20 heavy (non-hydrogen) atoms. The number of carbonyl (C=O) groups is 1. The van der Waals surface area contributed by atoms with Crippen molar-refractivity contribution in [2.45, 2.75) is 32.7 Å². The molecule has 1 unspecified atom stereocenters. The molecule has 0 saturated carbocycles. The fraction of sp³-hybridized carbons (Fsp3) is 0.562. The Morgan fingerprint density at radius 3 is 2.60 bits per heavy atom. The molecule has 0 bridgehead atoms. The molecule has 0 radical (unpaired) electrons. The zero-order chi connectivity index (χ0) is 14.5. The Labute approximate surface area is 121 Å². The SMILES string of the molecule is CC(C)N(CC1CCCNC1)c1ccc(C(N)=O)cc1. The summed E-state index contributed by atoms with van der Waals surface area (Å²) in [6.45, 7) is 7.71. The first kappa shape index (κ1) is 14.9. The molecule has 1 aliphatic rings. The van der Waals surface area contributed by atoms with Crippen LogP contribution in [0.15, 0.2) is 24.3 Å². The predicted molar refractivity (Wildman–Crippen MR) is 83.0 cm³/mol. The minimum Gasteiger partial charge on any atom is -0.369 e. The lowest BCUT2D eigenvalue weighted by Gasteiger charge is -2.34. The maximum Gasteiger partial charge on any atom is 0.248 e. The third kappa shape index (κ3) is 3.73. The molecule has 1 amide bonds. The van der Waals surface area contributed by atoms with Gasteiger partial charge in [-0.15, -0.1) is 0 Å². The van der Waals surface area contributed by atoms with Crippen molar-refractivity contribution in [1.82, 2.24) is 5.32 Å². The second kappa shape index (κ2) is 6.75. The second-order valence-electron chi connectivity index (χ2n) is 5.87. The van der Waals surface area contributed by atoms with Crippen LogP contribution in [0.25, 0.3) is 0 Å². The Balaban J connectivity index is 2.09. The van der Waals surface area contributed by atoms with Crippen LogP contribution >= 0.6 is 0 Å². The first-order valence-corrected chi connectivity index (χ1v) is 7.45. The molecule has 4 heteroatoms. The van der Waals surface area contributed by atoms with Gasteiger partial charge in [0.05, 0.1) is 0 Å². The standard InChI is InChI=1S/C16H25N3O/c1-12(2)19(11-13-4-3-9-18-10-13)15-7-5-14(6-8-15)16(17)20/h5-8,12-13,18H,3-4,9-11H2,1-2H3,(H2,17,20). The molecule has 1 saturated heterocycles. The van der Waals surface area contributed by atoms with Crippen LogP contribution in [0.4, 0.5) is 5.69 Å². The van der Waals surface area contributed by atoms with Crippen LogP contribution in [0.1, 0.15) is 37.0 Å². The van der Waals surface area contributed by atoms with Gasteiger partial charge in [0.15, 0.2) is 0 Å². The van der Waals surface area contributed by atoms with Crippen LogP contribution in [0, 0.1) is 5.92 Å². The summed E-state index contributed by atoms with van der Waals surface area (Å²) in [5.74, 6) is 0.325. The molecule has 0 aliphatic carbocycles. The Hall–Kier alpha value is -1.55. The van der Waals surface area contributed by atoms with E-state index in [1.165, 1.54) is 12.8 Å². The Kier molecular flexibility index (Phi) is 5.01. The zero-order valence-electron chi connectivity index (χ0n) is 12.4. The molecule has 1 heterocycles. The van der Waals surface area contributed by atoms with Gasteiger partial charge in [-0.3, -0.25) is 4.79 Å². The average molecular weight is 275 g/mol. The molecule has 1 aromatic carbocycles. The van der Waals surface area contributed by atoms with E-state index in [-0.39, 0.29) is 5.91 Å². The van der Waals surface area contributed by atoms with Crippen molar-refractivity contribution in [2.75, 3.05) is 24.5 Å². The number of nitrogens with one attached hydrogen (secondary N) is 1. The number of hydrogen-bond donors (Lipinski definition) is 2. The highest BCUT2D eigenvalue weighted by Gasteiger charge is 2.19. The van der Waals surface area contributed by atoms with Crippen LogP contribution in [0.3, 0.4) is 0 Å². The smallest absolute Gasteiger partial charge is 0.248 e. The molecule has 1 atom stereocenters. The molecular weight excluding hydrogens is 250 g/mol. The molecule has 3 N–H and O–H groups in total. The summed E-state index contributed by atoms with van der Waals surface area (Å²) in [5, 5.41) is 3.47. The second-order valence-corrected chi connectivity index (χ2v) is 5.87. The zero-order valence-corrected chi connectivity index (χ0v) is 12.4. The van der Waals surface area contributed by atoms with Gasteiger partial charge in [0.1, 0.15) is 0 Å². The summed E-state index contributed by atoms with van der Waals surface area (Å²) in [4.78, 5) is 13.5. The number of benzene rings is 1. The number of nitrogens with two attached hydrogens (primary N) is 1. The summed E-state index contributed by atoms with van der Waals surface area (Å²) >= 11 is 0. The number of carbonyl (C=O) groups excluding carboxylic acids is 1. The molecule has 2 rings (SSSR count). The van der Waals surface area contributed by atoms with E-state index in [1.54, 1.807) is 0 Å². The van der Waals surface area contributed by atoms with Crippen molar-refractivity contribution in [3.8, 4) is 0 Å². The quantitative estimate of drug-likeness (QED) is 0.864. The highest BCUT2D eigenvalue weighted by Crippen LogP contribution is 2.21. The van der Waals surface area contributed by atoms with Crippen molar-refractivity contribution in [1.29, 1.82) is 0 Å².